The van der Waals surface area contributed by atoms with Crippen LogP contribution < -0.4 is 0 Å². The standard InChI is InChI=1S/C23H18F5N3O3/c24-15-2-1-13(8-16(15)25)31-17-7-12-10-29-30-20(12)19(26)18(17)14(9-23(27,28)22(32)33)21(31)11-3-5-34-6-4-11/h1-2,7-8,10-11H,3-6,9H2,(H,29,30)(H,32,33). The van der Waals surface area contributed by atoms with Gasteiger partial charge in [0.15, 0.2) is 17.5 Å². The third-order valence-corrected chi connectivity index (χ3v) is 6.23. The van der Waals surface area contributed by atoms with E-state index in [1.807, 2.05) is 0 Å². The van der Waals surface area contributed by atoms with E-state index in [1.54, 1.807) is 0 Å². The molecule has 0 amide bonds. The predicted octanol–water partition coefficient (Wildman–Crippen LogP) is 5.08. The third kappa shape index (κ3) is 3.51. The van der Waals surface area contributed by atoms with Crippen molar-refractivity contribution in [1.82, 2.24) is 14.8 Å². The molecule has 1 aliphatic rings. The molecule has 0 atom stereocenters. The van der Waals surface area contributed by atoms with Crippen molar-refractivity contribution in [2.45, 2.75) is 31.1 Å². The minimum atomic E-state index is -4.19. The fourth-order valence-corrected chi connectivity index (χ4v) is 4.67. The van der Waals surface area contributed by atoms with Crippen LogP contribution in [0.2, 0.25) is 0 Å². The zero-order valence-electron chi connectivity index (χ0n) is 17.5. The summed E-state index contributed by atoms with van der Waals surface area (Å²) in [6.07, 6.45) is 0.859. The minimum absolute atomic E-state index is 0.0339. The number of ether oxygens (including phenoxy) is 1. The molecule has 2 aromatic carbocycles. The van der Waals surface area contributed by atoms with Gasteiger partial charge in [0.05, 0.1) is 18.1 Å². The maximum absolute atomic E-state index is 15.7. The lowest BCUT2D eigenvalue weighted by Crippen LogP contribution is -2.31. The predicted molar refractivity (Wildman–Crippen MR) is 112 cm³/mol. The van der Waals surface area contributed by atoms with E-state index in [9.17, 15) is 22.4 Å². The Kier molecular flexibility index (Phi) is 5.31. The maximum atomic E-state index is 15.7. The van der Waals surface area contributed by atoms with Crippen LogP contribution in [0.25, 0.3) is 27.5 Å². The van der Waals surface area contributed by atoms with Gasteiger partial charge in [0.2, 0.25) is 0 Å². The lowest BCUT2D eigenvalue weighted by atomic mass is 9.90. The Hall–Kier alpha value is -3.47. The van der Waals surface area contributed by atoms with E-state index in [1.165, 1.54) is 22.9 Å². The summed E-state index contributed by atoms with van der Waals surface area (Å²) in [5, 5.41) is 15.5. The molecule has 11 heteroatoms. The minimum Gasteiger partial charge on any atom is -0.477 e. The Bertz CT molecular complexity index is 1420. The highest BCUT2D eigenvalue weighted by molar-refractivity contribution is 6.00. The highest BCUT2D eigenvalue weighted by Gasteiger charge is 2.42. The molecule has 2 N–H and O–H groups in total. The molecule has 2 aromatic heterocycles. The number of aromatic nitrogens is 3. The van der Waals surface area contributed by atoms with Gasteiger partial charge in [0.1, 0.15) is 5.52 Å². The number of H-pyrrole nitrogens is 1. The van der Waals surface area contributed by atoms with E-state index in [0.717, 1.165) is 12.1 Å². The molecule has 34 heavy (non-hydrogen) atoms. The Balaban J connectivity index is 1.91. The van der Waals surface area contributed by atoms with Crippen LogP contribution in [0.5, 0.6) is 0 Å². The number of hydrogen-bond donors (Lipinski definition) is 2. The monoisotopic (exact) mass is 479 g/mol. The average Bonchev–Trinajstić information content (AvgIpc) is 3.39. The molecule has 0 aliphatic carbocycles. The second kappa shape index (κ2) is 8.08. The molecule has 1 fully saturated rings. The number of benzene rings is 2. The molecule has 6 nitrogen and oxygen atoms in total. The summed E-state index contributed by atoms with van der Waals surface area (Å²) < 4.78 is 79.5. The number of rotatable bonds is 5. The molecule has 178 valence electrons. The largest absolute Gasteiger partial charge is 0.477 e. The number of carboxylic acid groups (broad SMARTS) is 1. The first-order chi connectivity index (χ1) is 16.2. The summed E-state index contributed by atoms with van der Waals surface area (Å²) in [5.74, 6) is -10.1. The second-order valence-corrected chi connectivity index (χ2v) is 8.29. The first-order valence-electron chi connectivity index (χ1n) is 10.5. The fourth-order valence-electron chi connectivity index (χ4n) is 4.67. The van der Waals surface area contributed by atoms with Crippen molar-refractivity contribution in [3.63, 3.8) is 0 Å². The molecule has 3 heterocycles. The summed E-state index contributed by atoms with van der Waals surface area (Å²) in [7, 11) is 0. The van der Waals surface area contributed by atoms with Crippen LogP contribution in [0, 0.1) is 17.5 Å². The molecular weight excluding hydrogens is 461 g/mol. The van der Waals surface area contributed by atoms with Gasteiger partial charge < -0.3 is 14.4 Å². The van der Waals surface area contributed by atoms with E-state index >= 15 is 4.39 Å². The first-order valence-corrected chi connectivity index (χ1v) is 10.5. The van der Waals surface area contributed by atoms with Crippen molar-refractivity contribution < 1.29 is 36.6 Å². The molecule has 4 aromatic rings. The zero-order chi connectivity index (χ0) is 24.2. The summed E-state index contributed by atoms with van der Waals surface area (Å²) in [5.41, 5.74) is 0.207. The van der Waals surface area contributed by atoms with Crippen molar-refractivity contribution in [2.24, 2.45) is 0 Å². The molecule has 0 spiro atoms. The van der Waals surface area contributed by atoms with Gasteiger partial charge in [-0.05, 0) is 36.6 Å². The maximum Gasteiger partial charge on any atom is 0.374 e. The van der Waals surface area contributed by atoms with Gasteiger partial charge in [0.25, 0.3) is 0 Å². The van der Waals surface area contributed by atoms with Crippen LogP contribution in [-0.4, -0.2) is 45.0 Å². The molecule has 1 aliphatic heterocycles. The van der Waals surface area contributed by atoms with Crippen LogP contribution in [0.15, 0.2) is 30.5 Å². The molecule has 0 bridgehead atoms. The Morgan fingerprint density at radius 2 is 1.91 bits per heavy atom. The summed E-state index contributed by atoms with van der Waals surface area (Å²) in [6.45, 7) is 0.623. The van der Waals surface area contributed by atoms with E-state index in [0.29, 0.717) is 31.4 Å². The van der Waals surface area contributed by atoms with Crippen LogP contribution in [-0.2, 0) is 16.0 Å². The number of aliphatic carboxylic acids is 1. The van der Waals surface area contributed by atoms with Gasteiger partial charge >= 0.3 is 11.9 Å². The van der Waals surface area contributed by atoms with Gasteiger partial charge in [-0.15, -0.1) is 0 Å². The number of hydrogen-bond acceptors (Lipinski definition) is 3. The molecule has 0 saturated carbocycles. The van der Waals surface area contributed by atoms with Crippen molar-refractivity contribution in [3.8, 4) is 5.69 Å². The van der Waals surface area contributed by atoms with Crippen molar-refractivity contribution in [2.75, 3.05) is 13.2 Å². The van der Waals surface area contributed by atoms with Crippen molar-refractivity contribution in [1.29, 1.82) is 0 Å². The number of aromatic amines is 1. The Labute approximate surface area is 188 Å². The summed E-state index contributed by atoms with van der Waals surface area (Å²) in [6, 6.07) is 4.55. The summed E-state index contributed by atoms with van der Waals surface area (Å²) in [4.78, 5) is 11.3. The molecule has 1 saturated heterocycles. The zero-order valence-corrected chi connectivity index (χ0v) is 17.5. The first kappa shape index (κ1) is 22.3. The normalized spacial score (nSPS) is 15.4. The van der Waals surface area contributed by atoms with Crippen LogP contribution in [0.1, 0.15) is 30.0 Å². The fraction of sp³-hybridized carbons (Fsp3) is 0.304. The lowest BCUT2D eigenvalue weighted by molar-refractivity contribution is -0.164. The third-order valence-electron chi connectivity index (χ3n) is 6.23. The van der Waals surface area contributed by atoms with Crippen molar-refractivity contribution in [3.05, 3.63) is 59.2 Å². The molecule has 5 rings (SSSR count). The number of carbonyl (C=O) groups is 1. The topological polar surface area (TPSA) is 80.1 Å². The highest BCUT2D eigenvalue weighted by Crippen LogP contribution is 2.43. The SMILES string of the molecule is O=C(O)C(F)(F)Cc1c(C2CCOCC2)n(-c2ccc(F)c(F)c2)c2cc3cn[nH]c3c(F)c12. The second-order valence-electron chi connectivity index (χ2n) is 8.29. The van der Waals surface area contributed by atoms with Gasteiger partial charge in [-0.1, -0.05) is 0 Å². The number of fused-ring (bicyclic) bond motifs is 2. The smallest absolute Gasteiger partial charge is 0.374 e. The number of halogens is 5. The van der Waals surface area contributed by atoms with Gasteiger partial charge in [-0.3, -0.25) is 5.10 Å². The van der Waals surface area contributed by atoms with E-state index in [-0.39, 0.29) is 33.4 Å². The number of alkyl halides is 2. The highest BCUT2D eigenvalue weighted by atomic mass is 19.3. The van der Waals surface area contributed by atoms with Gasteiger partial charge in [-0.25, -0.2) is 18.0 Å². The number of carboxylic acids is 1. The lowest BCUT2D eigenvalue weighted by Gasteiger charge is -2.26. The van der Waals surface area contributed by atoms with Crippen LogP contribution in [0.3, 0.4) is 0 Å². The molecule has 0 unspecified atom stereocenters. The van der Waals surface area contributed by atoms with Crippen molar-refractivity contribution >= 4 is 27.8 Å². The van der Waals surface area contributed by atoms with Gasteiger partial charge in [-0.2, -0.15) is 13.9 Å². The summed E-state index contributed by atoms with van der Waals surface area (Å²) >= 11 is 0. The number of nitrogens with one attached hydrogen (secondary N) is 1. The Morgan fingerprint density at radius 1 is 1.18 bits per heavy atom. The van der Waals surface area contributed by atoms with Gasteiger partial charge in [0, 0.05) is 47.4 Å². The van der Waals surface area contributed by atoms with E-state index < -0.39 is 41.7 Å². The molecule has 0 radical (unpaired) electrons. The Morgan fingerprint density at radius 3 is 2.59 bits per heavy atom. The van der Waals surface area contributed by atoms with Crippen LogP contribution in [0.4, 0.5) is 22.0 Å². The van der Waals surface area contributed by atoms with E-state index in [4.69, 9.17) is 9.84 Å². The number of nitrogens with zero attached hydrogens (tertiary/aromatic N) is 2. The average molecular weight is 479 g/mol. The van der Waals surface area contributed by atoms with E-state index in [2.05, 4.69) is 10.2 Å². The van der Waals surface area contributed by atoms with Crippen LogP contribution >= 0.6 is 0 Å². The molecular formula is C23H18F5N3O3. The quantitative estimate of drug-likeness (QED) is 0.392.